The van der Waals surface area contributed by atoms with Crippen molar-refractivity contribution in [3.8, 4) is 0 Å². The largest absolute Gasteiger partial charge is 0.456 e. The van der Waals surface area contributed by atoms with E-state index in [9.17, 15) is 4.79 Å². The Morgan fingerprint density at radius 1 is 1.33 bits per heavy atom. The normalized spacial score (nSPS) is 10.6. The fraction of sp³-hybridized carbons (Fsp3) is 0.286. The lowest BCUT2D eigenvalue weighted by Gasteiger charge is -2.05. The zero-order chi connectivity index (χ0) is 13.0. The highest BCUT2D eigenvalue weighted by Crippen LogP contribution is 2.19. The maximum atomic E-state index is 11.9. The van der Waals surface area contributed by atoms with Crippen molar-refractivity contribution in [3.05, 3.63) is 53.7 Å². The second kappa shape index (κ2) is 5.49. The molecule has 0 N–H and O–H groups in total. The van der Waals surface area contributed by atoms with E-state index in [-0.39, 0.29) is 18.2 Å². The van der Waals surface area contributed by atoms with E-state index >= 15 is 0 Å². The first kappa shape index (κ1) is 12.4. The number of oxazole rings is 1. The standard InChI is InChI=1S/C14H15NO3/c1-10(2)13-12(15-9-18-13)14(16)17-8-11-6-4-3-5-7-11/h3-7,9-10H,8H2,1-2H3. The topological polar surface area (TPSA) is 52.3 Å². The molecule has 1 heterocycles. The summed E-state index contributed by atoms with van der Waals surface area (Å²) in [6.45, 7) is 4.12. The van der Waals surface area contributed by atoms with Gasteiger partial charge in [0, 0.05) is 5.92 Å². The van der Waals surface area contributed by atoms with Gasteiger partial charge in [0.2, 0.25) is 0 Å². The first-order valence-corrected chi connectivity index (χ1v) is 5.83. The van der Waals surface area contributed by atoms with Crippen molar-refractivity contribution >= 4 is 5.97 Å². The fourth-order valence-corrected chi connectivity index (χ4v) is 1.61. The van der Waals surface area contributed by atoms with Crippen LogP contribution in [0.4, 0.5) is 0 Å². The highest BCUT2D eigenvalue weighted by molar-refractivity contribution is 5.88. The average molecular weight is 245 g/mol. The minimum absolute atomic E-state index is 0.103. The molecular formula is C14H15NO3. The highest BCUT2D eigenvalue weighted by Gasteiger charge is 2.20. The molecule has 0 bridgehead atoms. The van der Waals surface area contributed by atoms with Gasteiger partial charge in [-0.2, -0.15) is 0 Å². The third kappa shape index (κ3) is 2.77. The van der Waals surface area contributed by atoms with Crippen molar-refractivity contribution in [2.24, 2.45) is 0 Å². The molecule has 0 aliphatic heterocycles. The Morgan fingerprint density at radius 3 is 2.72 bits per heavy atom. The zero-order valence-corrected chi connectivity index (χ0v) is 10.4. The Balaban J connectivity index is 2.02. The van der Waals surface area contributed by atoms with E-state index < -0.39 is 5.97 Å². The molecule has 0 atom stereocenters. The molecule has 0 saturated carbocycles. The number of rotatable bonds is 4. The molecule has 4 heteroatoms. The molecule has 0 amide bonds. The summed E-state index contributed by atoms with van der Waals surface area (Å²) in [7, 11) is 0. The minimum atomic E-state index is -0.448. The van der Waals surface area contributed by atoms with E-state index in [1.807, 2.05) is 44.2 Å². The van der Waals surface area contributed by atoms with Crippen molar-refractivity contribution < 1.29 is 13.9 Å². The fourth-order valence-electron chi connectivity index (χ4n) is 1.61. The van der Waals surface area contributed by atoms with Crippen LogP contribution in [-0.4, -0.2) is 11.0 Å². The van der Waals surface area contributed by atoms with Crippen LogP contribution < -0.4 is 0 Å². The summed E-state index contributed by atoms with van der Waals surface area (Å²) in [5.41, 5.74) is 1.21. The van der Waals surface area contributed by atoms with Crippen molar-refractivity contribution in [2.45, 2.75) is 26.4 Å². The van der Waals surface area contributed by atoms with Gasteiger partial charge in [-0.05, 0) is 5.56 Å². The summed E-state index contributed by atoms with van der Waals surface area (Å²) < 4.78 is 10.4. The van der Waals surface area contributed by atoms with Gasteiger partial charge in [-0.15, -0.1) is 0 Å². The molecule has 4 nitrogen and oxygen atoms in total. The van der Waals surface area contributed by atoms with Gasteiger partial charge in [0.25, 0.3) is 0 Å². The predicted molar refractivity (Wildman–Crippen MR) is 66.2 cm³/mol. The van der Waals surface area contributed by atoms with E-state index in [1.165, 1.54) is 6.39 Å². The molecule has 0 spiro atoms. The monoisotopic (exact) mass is 245 g/mol. The lowest BCUT2D eigenvalue weighted by atomic mass is 10.1. The molecule has 0 radical (unpaired) electrons. The predicted octanol–water partition coefficient (Wildman–Crippen LogP) is 3.16. The molecule has 0 unspecified atom stereocenters. The maximum absolute atomic E-state index is 11.9. The smallest absolute Gasteiger partial charge is 0.360 e. The molecule has 2 rings (SSSR count). The van der Waals surface area contributed by atoms with E-state index in [4.69, 9.17) is 9.15 Å². The Kier molecular flexibility index (Phi) is 3.77. The highest BCUT2D eigenvalue weighted by atomic mass is 16.5. The van der Waals surface area contributed by atoms with E-state index in [2.05, 4.69) is 4.98 Å². The molecule has 94 valence electrons. The molecule has 0 fully saturated rings. The molecule has 2 aromatic rings. The summed E-state index contributed by atoms with van der Waals surface area (Å²) >= 11 is 0. The third-order valence-electron chi connectivity index (χ3n) is 2.53. The van der Waals surface area contributed by atoms with Crippen molar-refractivity contribution in [3.63, 3.8) is 0 Å². The van der Waals surface area contributed by atoms with Crippen LogP contribution in [0.5, 0.6) is 0 Å². The molecular weight excluding hydrogens is 230 g/mol. The van der Waals surface area contributed by atoms with Crippen LogP contribution >= 0.6 is 0 Å². The van der Waals surface area contributed by atoms with Crippen molar-refractivity contribution in [1.29, 1.82) is 0 Å². The van der Waals surface area contributed by atoms with Gasteiger partial charge in [-0.3, -0.25) is 0 Å². The zero-order valence-electron chi connectivity index (χ0n) is 10.4. The van der Waals surface area contributed by atoms with Gasteiger partial charge in [-0.1, -0.05) is 44.2 Å². The van der Waals surface area contributed by atoms with Gasteiger partial charge >= 0.3 is 5.97 Å². The first-order chi connectivity index (χ1) is 8.68. The van der Waals surface area contributed by atoms with Gasteiger partial charge < -0.3 is 9.15 Å². The van der Waals surface area contributed by atoms with Crippen molar-refractivity contribution in [1.82, 2.24) is 4.98 Å². The molecule has 0 saturated heterocycles. The Bertz CT molecular complexity index is 517. The molecule has 1 aromatic heterocycles. The first-order valence-electron chi connectivity index (χ1n) is 5.83. The number of benzene rings is 1. The summed E-state index contributed by atoms with van der Waals surface area (Å²) in [5.74, 6) is 0.219. The van der Waals surface area contributed by atoms with E-state index in [0.29, 0.717) is 5.76 Å². The van der Waals surface area contributed by atoms with E-state index in [0.717, 1.165) is 5.56 Å². The van der Waals surface area contributed by atoms with Crippen LogP contribution in [0.1, 0.15) is 41.6 Å². The average Bonchev–Trinajstić information content (AvgIpc) is 2.86. The number of carbonyl (C=O) groups excluding carboxylic acids is 1. The number of carbonyl (C=O) groups is 1. The number of hydrogen-bond acceptors (Lipinski definition) is 4. The summed E-state index contributed by atoms with van der Waals surface area (Å²) in [6.07, 6.45) is 1.27. The number of ether oxygens (including phenoxy) is 1. The second-order valence-corrected chi connectivity index (χ2v) is 4.28. The Hall–Kier alpha value is -2.10. The molecule has 0 aliphatic rings. The summed E-state index contributed by atoms with van der Waals surface area (Å²) in [6, 6.07) is 9.52. The second-order valence-electron chi connectivity index (χ2n) is 4.28. The maximum Gasteiger partial charge on any atom is 0.360 e. The third-order valence-corrected chi connectivity index (χ3v) is 2.53. The van der Waals surface area contributed by atoms with Crippen molar-refractivity contribution in [2.75, 3.05) is 0 Å². The van der Waals surface area contributed by atoms with Crippen LogP contribution in [0.15, 0.2) is 41.1 Å². The van der Waals surface area contributed by atoms with Gasteiger partial charge in [0.15, 0.2) is 12.1 Å². The van der Waals surface area contributed by atoms with Crippen LogP contribution in [0.3, 0.4) is 0 Å². The SMILES string of the molecule is CC(C)c1ocnc1C(=O)OCc1ccccc1. The number of nitrogens with zero attached hydrogens (tertiary/aromatic N) is 1. The van der Waals surface area contributed by atoms with Crippen LogP contribution in [0, 0.1) is 0 Å². The summed E-state index contributed by atoms with van der Waals surface area (Å²) in [5, 5.41) is 0. The van der Waals surface area contributed by atoms with Gasteiger partial charge in [-0.25, -0.2) is 9.78 Å². The van der Waals surface area contributed by atoms with Crippen LogP contribution in [0.25, 0.3) is 0 Å². The van der Waals surface area contributed by atoms with Crippen LogP contribution in [0.2, 0.25) is 0 Å². The molecule has 1 aromatic carbocycles. The summed E-state index contributed by atoms with van der Waals surface area (Å²) in [4.78, 5) is 15.8. The lowest BCUT2D eigenvalue weighted by molar-refractivity contribution is 0.0463. The Morgan fingerprint density at radius 2 is 2.06 bits per heavy atom. The number of aromatic nitrogens is 1. The van der Waals surface area contributed by atoms with Gasteiger partial charge in [0.1, 0.15) is 12.4 Å². The van der Waals surface area contributed by atoms with Crippen LogP contribution in [-0.2, 0) is 11.3 Å². The number of esters is 1. The van der Waals surface area contributed by atoms with Gasteiger partial charge in [0.05, 0.1) is 0 Å². The number of hydrogen-bond donors (Lipinski definition) is 0. The lowest BCUT2D eigenvalue weighted by Crippen LogP contribution is -2.08. The quantitative estimate of drug-likeness (QED) is 0.776. The molecule has 18 heavy (non-hydrogen) atoms. The minimum Gasteiger partial charge on any atom is -0.456 e. The Labute approximate surface area is 106 Å². The van der Waals surface area contributed by atoms with E-state index in [1.54, 1.807) is 0 Å². The molecule has 0 aliphatic carbocycles.